The van der Waals surface area contributed by atoms with E-state index < -0.39 is 5.60 Å². The van der Waals surface area contributed by atoms with Crippen LogP contribution in [0.1, 0.15) is 163 Å². The Kier molecular flexibility index (Phi) is 17.8. The second kappa shape index (κ2) is 17.8. The molecule has 0 fully saturated rings. The maximum absolute atomic E-state index is 11.8. The second-order valence-electron chi connectivity index (χ2n) is 9.80. The number of aliphatic hydroxyl groups is 1. The minimum atomic E-state index is -0.495. The molecule has 0 heterocycles. The van der Waals surface area contributed by atoms with Gasteiger partial charge in [-0.25, -0.2) is 0 Å². The highest BCUT2D eigenvalue weighted by Crippen LogP contribution is 2.48. The van der Waals surface area contributed by atoms with Gasteiger partial charge in [-0.15, -0.1) is 0 Å². The molecule has 1 atom stereocenters. The zero-order valence-electron chi connectivity index (χ0n) is 20.6. The molecule has 0 bridgehead atoms. The molecule has 0 aliphatic rings. The van der Waals surface area contributed by atoms with Crippen LogP contribution < -0.4 is 0 Å². The molecule has 1 heteroatoms. The third kappa shape index (κ3) is 11.8. The highest BCUT2D eigenvalue weighted by Gasteiger charge is 2.44. The van der Waals surface area contributed by atoms with Crippen molar-refractivity contribution in [1.82, 2.24) is 0 Å². The molecule has 1 N–H and O–H groups in total. The molecule has 0 saturated carbocycles. The van der Waals surface area contributed by atoms with Crippen molar-refractivity contribution in [2.45, 2.75) is 169 Å². The van der Waals surface area contributed by atoms with Crippen molar-refractivity contribution in [3.8, 4) is 0 Å². The van der Waals surface area contributed by atoms with Gasteiger partial charge in [0.2, 0.25) is 0 Å². The van der Waals surface area contributed by atoms with E-state index in [4.69, 9.17) is 0 Å². The number of rotatable bonds is 21. The molecule has 0 amide bonds. The van der Waals surface area contributed by atoms with Crippen LogP contribution in [0.25, 0.3) is 0 Å². The fourth-order valence-corrected chi connectivity index (χ4v) is 5.01. The number of hydrogen-bond donors (Lipinski definition) is 1. The first-order chi connectivity index (χ1) is 13.5. The van der Waals surface area contributed by atoms with Gasteiger partial charge in [0.25, 0.3) is 0 Å². The summed E-state index contributed by atoms with van der Waals surface area (Å²) in [6, 6.07) is 0. The summed E-state index contributed by atoms with van der Waals surface area (Å²) in [5, 5.41) is 11.8. The van der Waals surface area contributed by atoms with E-state index in [2.05, 4.69) is 34.6 Å². The lowest BCUT2D eigenvalue weighted by molar-refractivity contribution is -0.0964. The summed E-state index contributed by atoms with van der Waals surface area (Å²) < 4.78 is 0. The Morgan fingerprint density at radius 2 is 0.714 bits per heavy atom. The first kappa shape index (κ1) is 28.0. The Morgan fingerprint density at radius 3 is 1.00 bits per heavy atom. The maximum Gasteiger partial charge on any atom is 0.0675 e. The minimum Gasteiger partial charge on any atom is -0.390 e. The summed E-state index contributed by atoms with van der Waals surface area (Å²) in [6.45, 7) is 11.4. The van der Waals surface area contributed by atoms with Gasteiger partial charge in [0.1, 0.15) is 0 Å². The fraction of sp³-hybridized carbons (Fsp3) is 1.00. The summed E-state index contributed by atoms with van der Waals surface area (Å²) in [5.74, 6) is 0. The predicted octanol–water partition coefficient (Wildman–Crippen LogP) is 9.61. The van der Waals surface area contributed by atoms with Crippen molar-refractivity contribution in [3.05, 3.63) is 0 Å². The molecule has 0 aliphatic heterocycles. The molecule has 0 saturated heterocycles. The van der Waals surface area contributed by atoms with E-state index >= 15 is 0 Å². The highest BCUT2D eigenvalue weighted by atomic mass is 16.3. The van der Waals surface area contributed by atoms with E-state index in [9.17, 15) is 5.11 Å². The van der Waals surface area contributed by atoms with E-state index in [0.717, 1.165) is 6.42 Å². The van der Waals surface area contributed by atoms with Crippen molar-refractivity contribution >= 4 is 0 Å². The molecular weight excluding hydrogens is 340 g/mol. The van der Waals surface area contributed by atoms with Gasteiger partial charge < -0.3 is 5.11 Å². The van der Waals surface area contributed by atoms with Gasteiger partial charge >= 0.3 is 0 Å². The molecular formula is C27H56O. The second-order valence-corrected chi connectivity index (χ2v) is 9.80. The first-order valence-electron chi connectivity index (χ1n) is 13.2. The zero-order chi connectivity index (χ0) is 21.1. The van der Waals surface area contributed by atoms with Gasteiger partial charge in [0.15, 0.2) is 0 Å². The highest BCUT2D eigenvalue weighted by molar-refractivity contribution is 4.96. The Labute approximate surface area is 179 Å². The maximum atomic E-state index is 11.8. The molecule has 0 radical (unpaired) electrons. The normalized spacial score (nSPS) is 14.4. The van der Waals surface area contributed by atoms with Crippen molar-refractivity contribution in [3.63, 3.8) is 0 Å². The van der Waals surface area contributed by atoms with Crippen LogP contribution in [0.4, 0.5) is 0 Å². The average molecular weight is 397 g/mol. The first-order valence-corrected chi connectivity index (χ1v) is 13.2. The van der Waals surface area contributed by atoms with Crippen molar-refractivity contribution in [2.24, 2.45) is 5.41 Å². The lowest BCUT2D eigenvalue weighted by Crippen LogP contribution is -2.46. The van der Waals surface area contributed by atoms with Crippen molar-refractivity contribution in [2.75, 3.05) is 0 Å². The summed E-state index contributed by atoms with van der Waals surface area (Å²) in [7, 11) is 0. The molecule has 28 heavy (non-hydrogen) atoms. The Bertz CT molecular complexity index is 289. The van der Waals surface area contributed by atoms with Gasteiger partial charge in [-0.05, 0) is 38.0 Å². The lowest BCUT2D eigenvalue weighted by atomic mass is 9.62. The van der Waals surface area contributed by atoms with Crippen LogP contribution in [0.2, 0.25) is 0 Å². The SMILES string of the molecule is CCCCCCC(C)(O)C(CCCCCC)(CCCCCC)CCCCCC. The van der Waals surface area contributed by atoms with Crippen LogP contribution in [0.3, 0.4) is 0 Å². The molecule has 0 aromatic carbocycles. The predicted molar refractivity (Wildman–Crippen MR) is 128 cm³/mol. The van der Waals surface area contributed by atoms with Gasteiger partial charge in [-0.3, -0.25) is 0 Å². The Balaban J connectivity index is 5.17. The van der Waals surface area contributed by atoms with Crippen LogP contribution in [-0.2, 0) is 0 Å². The summed E-state index contributed by atoms with van der Waals surface area (Å²) in [5.41, 5.74) is -0.347. The van der Waals surface area contributed by atoms with Crippen molar-refractivity contribution in [1.29, 1.82) is 0 Å². The molecule has 0 spiro atoms. The monoisotopic (exact) mass is 396 g/mol. The molecule has 0 aromatic rings. The quantitative estimate of drug-likeness (QED) is 0.191. The van der Waals surface area contributed by atoms with E-state index in [1.807, 2.05) is 0 Å². The molecule has 1 unspecified atom stereocenters. The summed E-state index contributed by atoms with van der Waals surface area (Å²) in [6.07, 6.45) is 25.7. The average Bonchev–Trinajstić information content (AvgIpc) is 2.68. The van der Waals surface area contributed by atoms with Crippen LogP contribution in [0.15, 0.2) is 0 Å². The van der Waals surface area contributed by atoms with Gasteiger partial charge in [-0.1, -0.05) is 130 Å². The van der Waals surface area contributed by atoms with E-state index in [1.165, 1.54) is 122 Å². The van der Waals surface area contributed by atoms with Crippen LogP contribution in [0, 0.1) is 5.41 Å². The molecule has 170 valence electrons. The number of unbranched alkanes of at least 4 members (excludes halogenated alkanes) is 12. The number of hydrogen-bond acceptors (Lipinski definition) is 1. The summed E-state index contributed by atoms with van der Waals surface area (Å²) >= 11 is 0. The van der Waals surface area contributed by atoms with E-state index in [0.29, 0.717) is 0 Å². The van der Waals surface area contributed by atoms with E-state index in [1.54, 1.807) is 0 Å². The fourth-order valence-electron chi connectivity index (χ4n) is 5.01. The molecule has 0 aromatic heterocycles. The molecule has 1 nitrogen and oxygen atoms in total. The molecule has 0 rings (SSSR count). The van der Waals surface area contributed by atoms with E-state index in [-0.39, 0.29) is 5.41 Å². The minimum absolute atomic E-state index is 0.147. The third-order valence-corrected chi connectivity index (χ3v) is 7.19. The Hall–Kier alpha value is -0.0400. The summed E-state index contributed by atoms with van der Waals surface area (Å²) in [4.78, 5) is 0. The molecule has 0 aliphatic carbocycles. The van der Waals surface area contributed by atoms with Crippen LogP contribution in [-0.4, -0.2) is 10.7 Å². The lowest BCUT2D eigenvalue weighted by Gasteiger charge is -2.47. The van der Waals surface area contributed by atoms with Crippen LogP contribution >= 0.6 is 0 Å². The Morgan fingerprint density at radius 1 is 0.429 bits per heavy atom. The van der Waals surface area contributed by atoms with Gasteiger partial charge in [0.05, 0.1) is 5.60 Å². The topological polar surface area (TPSA) is 20.2 Å². The third-order valence-electron chi connectivity index (χ3n) is 7.19. The smallest absolute Gasteiger partial charge is 0.0675 e. The standard InChI is InChI=1S/C27H56O/c1-6-10-14-18-22-26(5,28)27(23-19-15-11-7-2,24-20-16-12-8-3)25-21-17-13-9-4/h28H,6-25H2,1-5H3. The zero-order valence-corrected chi connectivity index (χ0v) is 20.6. The van der Waals surface area contributed by atoms with Crippen molar-refractivity contribution < 1.29 is 5.11 Å². The van der Waals surface area contributed by atoms with Crippen LogP contribution in [0.5, 0.6) is 0 Å². The van der Waals surface area contributed by atoms with Gasteiger partial charge in [0, 0.05) is 0 Å². The van der Waals surface area contributed by atoms with Gasteiger partial charge in [-0.2, -0.15) is 0 Å². The largest absolute Gasteiger partial charge is 0.390 e.